The van der Waals surface area contributed by atoms with Gasteiger partial charge in [-0.1, -0.05) is 50.7 Å². The number of anilines is 2. The Labute approximate surface area is 208 Å². The molecular weight excluding hydrogens is 462 g/mol. The summed E-state index contributed by atoms with van der Waals surface area (Å²) in [6, 6.07) is 6.34. The normalized spacial score (nSPS) is 18.4. The fourth-order valence-electron chi connectivity index (χ4n) is 4.40. The molecule has 1 N–H and O–H groups in total. The van der Waals surface area contributed by atoms with Gasteiger partial charge in [-0.3, -0.25) is 4.90 Å². The molecule has 9 heteroatoms. The number of nitrogens with zero attached hydrogens (tertiary/aromatic N) is 4. The summed E-state index contributed by atoms with van der Waals surface area (Å²) in [6.45, 7) is 15.6. The van der Waals surface area contributed by atoms with Gasteiger partial charge >= 0.3 is 6.03 Å². The zero-order valence-electron chi connectivity index (χ0n) is 21.4. The molecule has 0 radical (unpaired) electrons. The van der Waals surface area contributed by atoms with Gasteiger partial charge in [0.1, 0.15) is 5.82 Å². The quantitative estimate of drug-likeness (QED) is 0.306. The number of para-hydroxylation sites is 1. The van der Waals surface area contributed by atoms with Gasteiger partial charge in [-0.05, 0) is 48.9 Å². The van der Waals surface area contributed by atoms with Gasteiger partial charge in [0, 0.05) is 24.0 Å². The highest BCUT2D eigenvalue weighted by atomic mass is 32.2. The smallest absolute Gasteiger partial charge is 0.326 e. The Kier molecular flexibility index (Phi) is 6.99. The third kappa shape index (κ3) is 4.70. The minimum atomic E-state index is -1.92. The molecule has 3 heterocycles. The van der Waals surface area contributed by atoms with Crippen molar-refractivity contribution < 1.29 is 9.22 Å². The minimum absolute atomic E-state index is 0.00330. The van der Waals surface area contributed by atoms with E-state index in [0.717, 1.165) is 30.0 Å². The second-order valence-electron chi connectivity index (χ2n) is 10.6. The van der Waals surface area contributed by atoms with E-state index in [1.54, 1.807) is 0 Å². The Morgan fingerprint density at radius 1 is 1.29 bits per heavy atom. The van der Waals surface area contributed by atoms with Crippen LogP contribution >= 0.6 is 11.8 Å². The third-order valence-corrected chi connectivity index (χ3v) is 12.5. The molecule has 0 bridgehead atoms. The summed E-state index contributed by atoms with van der Waals surface area (Å²) in [5, 5.41) is 4.33. The monoisotopic (exact) mass is 499 g/mol. The average Bonchev–Trinajstić information content (AvgIpc) is 2.79. The molecule has 2 aromatic rings. The van der Waals surface area contributed by atoms with Gasteiger partial charge in [0.05, 0.1) is 25.7 Å². The van der Waals surface area contributed by atoms with Crippen molar-refractivity contribution in [2.24, 2.45) is 0 Å². The summed E-state index contributed by atoms with van der Waals surface area (Å²) in [6.07, 6.45) is 4.71. The summed E-state index contributed by atoms with van der Waals surface area (Å²) in [5.41, 5.74) is 4.53. The van der Waals surface area contributed by atoms with E-state index in [9.17, 15) is 4.79 Å². The molecule has 2 aliphatic heterocycles. The van der Waals surface area contributed by atoms with Crippen LogP contribution in [0.3, 0.4) is 0 Å². The van der Waals surface area contributed by atoms with E-state index in [-0.39, 0.29) is 17.1 Å². The predicted octanol–water partition coefficient (Wildman–Crippen LogP) is 5.83. The lowest BCUT2D eigenvalue weighted by Crippen LogP contribution is -2.52. The lowest BCUT2D eigenvalue weighted by molar-refractivity contribution is 0.166. The SMILES string of the molecule is CSc1ncc2c(n1)N(CCO[Si](C)(C)C(C)(C)C)C(=O)N([C@H]1CCNc3c(C)cccc31)C2. The van der Waals surface area contributed by atoms with E-state index in [1.807, 2.05) is 22.3 Å². The van der Waals surface area contributed by atoms with Crippen molar-refractivity contribution in [1.29, 1.82) is 0 Å². The van der Waals surface area contributed by atoms with E-state index in [4.69, 9.17) is 9.41 Å². The first-order valence-electron chi connectivity index (χ1n) is 12.0. The zero-order valence-corrected chi connectivity index (χ0v) is 23.3. The van der Waals surface area contributed by atoms with Crippen LogP contribution in [0.25, 0.3) is 0 Å². The molecule has 0 fully saturated rings. The molecule has 1 atom stereocenters. The number of hydrogen-bond acceptors (Lipinski definition) is 6. The number of aryl methyl sites for hydroxylation is 1. The second-order valence-corrected chi connectivity index (χ2v) is 16.2. The van der Waals surface area contributed by atoms with Crippen molar-refractivity contribution in [3.63, 3.8) is 0 Å². The fourth-order valence-corrected chi connectivity index (χ4v) is 5.77. The van der Waals surface area contributed by atoms with E-state index >= 15 is 0 Å². The topological polar surface area (TPSA) is 70.6 Å². The lowest BCUT2D eigenvalue weighted by Gasteiger charge is -2.43. The van der Waals surface area contributed by atoms with Crippen LogP contribution in [-0.4, -0.2) is 55.2 Å². The molecule has 4 rings (SSSR count). The van der Waals surface area contributed by atoms with Crippen LogP contribution in [-0.2, 0) is 11.0 Å². The molecule has 2 amide bonds. The molecule has 0 unspecified atom stereocenters. The van der Waals surface area contributed by atoms with Crippen LogP contribution in [0.5, 0.6) is 0 Å². The third-order valence-electron chi connectivity index (χ3n) is 7.42. The predicted molar refractivity (Wildman–Crippen MR) is 142 cm³/mol. The maximum atomic E-state index is 14.0. The van der Waals surface area contributed by atoms with Crippen molar-refractivity contribution >= 4 is 37.6 Å². The van der Waals surface area contributed by atoms with Crippen molar-refractivity contribution in [3.8, 4) is 0 Å². The van der Waals surface area contributed by atoms with Crippen LogP contribution in [0.1, 0.15) is 49.9 Å². The number of carbonyl (C=O) groups excluding carboxylic acids is 1. The largest absolute Gasteiger partial charge is 0.415 e. The Balaban J connectivity index is 1.65. The molecule has 0 aliphatic carbocycles. The Morgan fingerprint density at radius 2 is 2.06 bits per heavy atom. The number of aromatic nitrogens is 2. The molecule has 34 heavy (non-hydrogen) atoms. The number of nitrogens with one attached hydrogen (secondary N) is 1. The summed E-state index contributed by atoms with van der Waals surface area (Å²) in [5.74, 6) is 0.720. The second kappa shape index (κ2) is 9.51. The van der Waals surface area contributed by atoms with Gasteiger partial charge in [0.25, 0.3) is 0 Å². The van der Waals surface area contributed by atoms with Gasteiger partial charge in [-0.2, -0.15) is 0 Å². The van der Waals surface area contributed by atoms with E-state index in [1.165, 1.54) is 22.9 Å². The first-order chi connectivity index (χ1) is 16.0. The number of urea groups is 1. The van der Waals surface area contributed by atoms with E-state index in [0.29, 0.717) is 24.9 Å². The first-order valence-corrected chi connectivity index (χ1v) is 16.1. The molecule has 0 spiro atoms. The van der Waals surface area contributed by atoms with Gasteiger partial charge in [-0.25, -0.2) is 14.8 Å². The maximum Gasteiger partial charge on any atom is 0.326 e. The number of benzene rings is 1. The van der Waals surface area contributed by atoms with Crippen LogP contribution in [0.2, 0.25) is 18.1 Å². The van der Waals surface area contributed by atoms with Gasteiger partial charge in [-0.15, -0.1) is 0 Å². The Hall–Kier alpha value is -2.10. The highest BCUT2D eigenvalue weighted by Gasteiger charge is 2.40. The molecule has 2 aliphatic rings. The first kappa shape index (κ1) is 25.0. The van der Waals surface area contributed by atoms with Crippen molar-refractivity contribution in [1.82, 2.24) is 14.9 Å². The van der Waals surface area contributed by atoms with E-state index in [2.05, 4.69) is 69.3 Å². The molecule has 184 valence electrons. The van der Waals surface area contributed by atoms with Crippen LogP contribution in [0.4, 0.5) is 16.3 Å². The molecule has 1 aromatic carbocycles. The Bertz CT molecular complexity index is 1070. The standard InChI is InChI=1S/C25H37N5O2SSi/c1-17-9-8-10-19-20(11-12-26-21(17)19)30-16-18-15-27-23(33-5)28-22(18)29(24(30)31)13-14-32-34(6,7)25(2,3)4/h8-10,15,20,26H,11-14,16H2,1-7H3/t20-/m0/s1. The molecule has 0 saturated carbocycles. The summed E-state index contributed by atoms with van der Waals surface area (Å²) in [7, 11) is -1.92. The average molecular weight is 500 g/mol. The molecular formula is C25H37N5O2SSi. The summed E-state index contributed by atoms with van der Waals surface area (Å²) < 4.78 is 6.44. The van der Waals surface area contributed by atoms with E-state index < -0.39 is 8.32 Å². The molecule has 1 aromatic heterocycles. The number of amides is 2. The lowest BCUT2D eigenvalue weighted by atomic mass is 9.93. The van der Waals surface area contributed by atoms with Crippen LogP contribution in [0, 0.1) is 6.92 Å². The van der Waals surface area contributed by atoms with Crippen molar-refractivity contribution in [2.45, 2.75) is 70.0 Å². The minimum Gasteiger partial charge on any atom is -0.415 e. The van der Waals surface area contributed by atoms with Crippen molar-refractivity contribution in [3.05, 3.63) is 41.1 Å². The number of thioether (sulfide) groups is 1. The van der Waals surface area contributed by atoms with Gasteiger partial charge < -0.3 is 14.6 Å². The summed E-state index contributed by atoms with van der Waals surface area (Å²) >= 11 is 1.49. The fraction of sp³-hybridized carbons (Fsp3) is 0.560. The number of hydrogen-bond donors (Lipinski definition) is 1. The Morgan fingerprint density at radius 3 is 2.76 bits per heavy atom. The number of rotatable bonds is 6. The van der Waals surface area contributed by atoms with Gasteiger partial charge in [0.2, 0.25) is 0 Å². The zero-order chi connectivity index (χ0) is 24.7. The number of carbonyl (C=O) groups is 1. The van der Waals surface area contributed by atoms with Gasteiger partial charge in [0.15, 0.2) is 13.5 Å². The van der Waals surface area contributed by atoms with Crippen LogP contribution in [0.15, 0.2) is 29.6 Å². The highest BCUT2D eigenvalue weighted by molar-refractivity contribution is 7.98. The number of fused-ring (bicyclic) bond motifs is 2. The maximum absolute atomic E-state index is 14.0. The van der Waals surface area contributed by atoms with Crippen molar-refractivity contribution in [2.75, 3.05) is 36.2 Å². The summed E-state index contributed by atoms with van der Waals surface area (Å²) in [4.78, 5) is 27.0. The molecule has 7 nitrogen and oxygen atoms in total. The van der Waals surface area contributed by atoms with Crippen LogP contribution < -0.4 is 10.2 Å². The molecule has 0 saturated heterocycles. The highest BCUT2D eigenvalue weighted by Crippen LogP contribution is 2.41.